The normalized spacial score (nSPS) is 11.4. The van der Waals surface area contributed by atoms with Crippen molar-refractivity contribution in [3.8, 4) is 0 Å². The minimum absolute atomic E-state index is 0.456. The standard InChI is InChI=1S/C15H26N2/c1-11(2)16-14-9-7-8-10-15(14)17(12(3)4)13(5)6/h7-13,16H,1-6H3. The van der Waals surface area contributed by atoms with Crippen molar-refractivity contribution in [2.45, 2.75) is 59.7 Å². The zero-order valence-corrected chi connectivity index (χ0v) is 12.0. The van der Waals surface area contributed by atoms with E-state index in [9.17, 15) is 0 Å². The maximum Gasteiger partial charge on any atom is 0.0606 e. The Morgan fingerprint density at radius 2 is 1.41 bits per heavy atom. The Morgan fingerprint density at radius 1 is 0.882 bits per heavy atom. The summed E-state index contributed by atoms with van der Waals surface area (Å²) in [5.41, 5.74) is 2.52. The molecule has 1 aromatic rings. The molecule has 2 heteroatoms. The van der Waals surface area contributed by atoms with Crippen LogP contribution in [0.25, 0.3) is 0 Å². The van der Waals surface area contributed by atoms with E-state index in [1.54, 1.807) is 0 Å². The average molecular weight is 234 g/mol. The molecule has 0 radical (unpaired) electrons. The van der Waals surface area contributed by atoms with Gasteiger partial charge in [0, 0.05) is 18.1 Å². The van der Waals surface area contributed by atoms with Gasteiger partial charge in [0.05, 0.1) is 11.4 Å². The summed E-state index contributed by atoms with van der Waals surface area (Å²) in [5, 5.41) is 3.52. The van der Waals surface area contributed by atoms with Gasteiger partial charge in [-0.2, -0.15) is 0 Å². The second-order valence-electron chi connectivity index (χ2n) is 5.41. The molecule has 0 unspecified atom stereocenters. The quantitative estimate of drug-likeness (QED) is 0.824. The Labute approximate surface area is 106 Å². The molecule has 0 aromatic heterocycles. The minimum Gasteiger partial charge on any atom is -0.381 e. The van der Waals surface area contributed by atoms with Gasteiger partial charge in [0.25, 0.3) is 0 Å². The fraction of sp³-hybridized carbons (Fsp3) is 0.600. The van der Waals surface area contributed by atoms with Crippen LogP contribution in [0.1, 0.15) is 41.5 Å². The Balaban J connectivity index is 3.09. The molecule has 1 rings (SSSR count). The minimum atomic E-state index is 0.456. The first-order valence-electron chi connectivity index (χ1n) is 6.57. The number of hydrogen-bond acceptors (Lipinski definition) is 2. The topological polar surface area (TPSA) is 15.3 Å². The fourth-order valence-corrected chi connectivity index (χ4v) is 2.28. The SMILES string of the molecule is CC(C)Nc1ccccc1N(C(C)C)C(C)C. The van der Waals surface area contributed by atoms with Gasteiger partial charge in [0.1, 0.15) is 0 Å². The molecule has 0 spiro atoms. The van der Waals surface area contributed by atoms with Crippen LogP contribution in [-0.4, -0.2) is 18.1 Å². The first kappa shape index (κ1) is 13.9. The van der Waals surface area contributed by atoms with E-state index in [4.69, 9.17) is 0 Å². The third kappa shape index (κ3) is 3.65. The van der Waals surface area contributed by atoms with Crippen molar-refractivity contribution in [3.05, 3.63) is 24.3 Å². The van der Waals surface area contributed by atoms with Crippen LogP contribution in [0.15, 0.2) is 24.3 Å². The molecular weight excluding hydrogens is 208 g/mol. The van der Waals surface area contributed by atoms with Gasteiger partial charge in [-0.1, -0.05) is 12.1 Å². The molecule has 0 saturated heterocycles. The monoisotopic (exact) mass is 234 g/mol. The summed E-state index contributed by atoms with van der Waals surface area (Å²) in [6, 6.07) is 10.0. The van der Waals surface area contributed by atoms with Crippen LogP contribution in [0, 0.1) is 0 Å². The van der Waals surface area contributed by atoms with E-state index in [1.807, 2.05) is 0 Å². The van der Waals surface area contributed by atoms with Crippen molar-refractivity contribution < 1.29 is 0 Å². The summed E-state index contributed by atoms with van der Waals surface area (Å²) < 4.78 is 0. The lowest BCUT2D eigenvalue weighted by Gasteiger charge is -2.35. The Bertz CT molecular complexity index is 335. The molecule has 0 saturated carbocycles. The number of para-hydroxylation sites is 2. The van der Waals surface area contributed by atoms with Gasteiger partial charge in [-0.05, 0) is 53.7 Å². The van der Waals surface area contributed by atoms with Crippen LogP contribution >= 0.6 is 0 Å². The molecule has 0 heterocycles. The number of hydrogen-bond donors (Lipinski definition) is 1. The summed E-state index contributed by atoms with van der Waals surface area (Å²) in [6.45, 7) is 13.3. The highest BCUT2D eigenvalue weighted by Gasteiger charge is 2.17. The molecule has 0 aliphatic rings. The van der Waals surface area contributed by atoms with Gasteiger partial charge in [0.15, 0.2) is 0 Å². The number of nitrogens with one attached hydrogen (secondary N) is 1. The van der Waals surface area contributed by atoms with Crippen molar-refractivity contribution in [2.24, 2.45) is 0 Å². The van der Waals surface area contributed by atoms with Crippen molar-refractivity contribution in [3.63, 3.8) is 0 Å². The molecule has 0 atom stereocenters. The molecule has 1 aromatic carbocycles. The van der Waals surface area contributed by atoms with E-state index in [0.29, 0.717) is 18.1 Å². The summed E-state index contributed by atoms with van der Waals surface area (Å²) in [5.74, 6) is 0. The predicted octanol–water partition coefficient (Wildman–Crippen LogP) is 4.13. The maximum absolute atomic E-state index is 3.52. The lowest BCUT2D eigenvalue weighted by atomic mass is 10.1. The highest BCUT2D eigenvalue weighted by atomic mass is 15.2. The third-order valence-electron chi connectivity index (χ3n) is 2.74. The molecular formula is C15H26N2. The van der Waals surface area contributed by atoms with Gasteiger partial charge in [0.2, 0.25) is 0 Å². The molecule has 96 valence electrons. The Kier molecular flexibility index (Phi) is 4.86. The van der Waals surface area contributed by atoms with E-state index in [1.165, 1.54) is 11.4 Å². The van der Waals surface area contributed by atoms with E-state index in [2.05, 4.69) is 76.0 Å². The largest absolute Gasteiger partial charge is 0.381 e. The fourth-order valence-electron chi connectivity index (χ4n) is 2.28. The highest BCUT2D eigenvalue weighted by Crippen LogP contribution is 2.29. The number of rotatable bonds is 5. The van der Waals surface area contributed by atoms with Gasteiger partial charge >= 0.3 is 0 Å². The molecule has 0 amide bonds. The molecule has 0 bridgehead atoms. The zero-order valence-electron chi connectivity index (χ0n) is 12.0. The van der Waals surface area contributed by atoms with E-state index < -0.39 is 0 Å². The van der Waals surface area contributed by atoms with Crippen LogP contribution in [0.2, 0.25) is 0 Å². The van der Waals surface area contributed by atoms with Gasteiger partial charge in [-0.3, -0.25) is 0 Å². The van der Waals surface area contributed by atoms with Gasteiger partial charge in [-0.25, -0.2) is 0 Å². The summed E-state index contributed by atoms with van der Waals surface area (Å²) in [7, 11) is 0. The second kappa shape index (κ2) is 5.95. The first-order chi connectivity index (χ1) is 7.93. The molecule has 17 heavy (non-hydrogen) atoms. The van der Waals surface area contributed by atoms with E-state index in [-0.39, 0.29) is 0 Å². The highest BCUT2D eigenvalue weighted by molar-refractivity contribution is 5.70. The third-order valence-corrected chi connectivity index (χ3v) is 2.74. The first-order valence-corrected chi connectivity index (χ1v) is 6.57. The molecule has 1 N–H and O–H groups in total. The van der Waals surface area contributed by atoms with Crippen LogP contribution in [-0.2, 0) is 0 Å². The van der Waals surface area contributed by atoms with Crippen LogP contribution in [0.5, 0.6) is 0 Å². The molecule has 0 fully saturated rings. The van der Waals surface area contributed by atoms with E-state index in [0.717, 1.165) is 0 Å². The summed E-state index contributed by atoms with van der Waals surface area (Å²) in [6.07, 6.45) is 0. The lowest BCUT2D eigenvalue weighted by molar-refractivity contribution is 0.608. The van der Waals surface area contributed by atoms with E-state index >= 15 is 0 Å². The van der Waals surface area contributed by atoms with Gasteiger partial charge in [-0.15, -0.1) is 0 Å². The van der Waals surface area contributed by atoms with Crippen LogP contribution in [0.3, 0.4) is 0 Å². The second-order valence-corrected chi connectivity index (χ2v) is 5.41. The Morgan fingerprint density at radius 3 is 1.88 bits per heavy atom. The van der Waals surface area contributed by atoms with Crippen molar-refractivity contribution in [2.75, 3.05) is 10.2 Å². The smallest absolute Gasteiger partial charge is 0.0606 e. The zero-order chi connectivity index (χ0) is 13.0. The van der Waals surface area contributed by atoms with Crippen LogP contribution in [0.4, 0.5) is 11.4 Å². The summed E-state index contributed by atoms with van der Waals surface area (Å²) in [4.78, 5) is 2.45. The maximum atomic E-state index is 3.52. The number of benzene rings is 1. The predicted molar refractivity (Wildman–Crippen MR) is 78.0 cm³/mol. The molecule has 0 aliphatic heterocycles. The van der Waals surface area contributed by atoms with Crippen LogP contribution < -0.4 is 10.2 Å². The van der Waals surface area contributed by atoms with Crippen molar-refractivity contribution >= 4 is 11.4 Å². The summed E-state index contributed by atoms with van der Waals surface area (Å²) >= 11 is 0. The van der Waals surface area contributed by atoms with Gasteiger partial charge < -0.3 is 10.2 Å². The average Bonchev–Trinajstić information content (AvgIpc) is 2.18. The number of nitrogens with zero attached hydrogens (tertiary/aromatic N) is 1. The number of anilines is 2. The lowest BCUT2D eigenvalue weighted by Crippen LogP contribution is -2.37. The molecule has 2 nitrogen and oxygen atoms in total. The molecule has 0 aliphatic carbocycles. The Hall–Kier alpha value is -1.18. The van der Waals surface area contributed by atoms with Crippen molar-refractivity contribution in [1.29, 1.82) is 0 Å². The van der Waals surface area contributed by atoms with Crippen molar-refractivity contribution in [1.82, 2.24) is 0 Å².